The van der Waals surface area contributed by atoms with Crippen molar-refractivity contribution in [2.75, 3.05) is 6.54 Å². The smallest absolute Gasteiger partial charge is 0.227 e. The van der Waals surface area contributed by atoms with Gasteiger partial charge in [0.05, 0.1) is 5.92 Å². The van der Waals surface area contributed by atoms with E-state index in [0.29, 0.717) is 11.9 Å². The van der Waals surface area contributed by atoms with E-state index < -0.39 is 0 Å². The lowest BCUT2D eigenvalue weighted by Crippen LogP contribution is -2.47. The van der Waals surface area contributed by atoms with Crippen LogP contribution in [0.3, 0.4) is 0 Å². The Morgan fingerprint density at radius 1 is 1.20 bits per heavy atom. The Morgan fingerprint density at radius 2 is 2.00 bits per heavy atom. The van der Waals surface area contributed by atoms with Gasteiger partial charge in [0.25, 0.3) is 0 Å². The Balaban J connectivity index is 1.99. The molecule has 0 aromatic rings. The lowest BCUT2D eigenvalue weighted by molar-refractivity contribution is -0.139. The number of nitrogens with zero attached hydrogens (tertiary/aromatic N) is 1. The quantitative estimate of drug-likeness (QED) is 0.713. The molecule has 0 bridgehead atoms. The molecule has 2 N–H and O–H groups in total. The average Bonchev–Trinajstić information content (AvgIpc) is 2.64. The largest absolute Gasteiger partial charge is 0.340 e. The Labute approximate surface area is 92.0 Å². The molecule has 1 aliphatic heterocycles. The first kappa shape index (κ1) is 10.9. The molecular formula is C12H22N2O. The third-order valence-electron chi connectivity index (χ3n) is 3.97. The van der Waals surface area contributed by atoms with Crippen molar-refractivity contribution < 1.29 is 4.79 Å². The van der Waals surface area contributed by atoms with E-state index >= 15 is 0 Å². The molecule has 1 saturated heterocycles. The number of amides is 1. The second-order valence-electron chi connectivity index (χ2n) is 5.08. The molecule has 2 rings (SSSR count). The fourth-order valence-corrected chi connectivity index (χ4v) is 2.93. The lowest BCUT2D eigenvalue weighted by atomic mass is 9.97. The number of carbonyl (C=O) groups excluding carboxylic acids is 1. The van der Waals surface area contributed by atoms with E-state index in [0.717, 1.165) is 38.6 Å². The van der Waals surface area contributed by atoms with Gasteiger partial charge in [0.2, 0.25) is 5.91 Å². The highest BCUT2D eigenvalue weighted by Crippen LogP contribution is 2.28. The maximum atomic E-state index is 12.3. The van der Waals surface area contributed by atoms with Crippen molar-refractivity contribution in [3.8, 4) is 0 Å². The van der Waals surface area contributed by atoms with Gasteiger partial charge in [-0.2, -0.15) is 0 Å². The summed E-state index contributed by atoms with van der Waals surface area (Å²) in [6.07, 6.45) is 6.75. The van der Waals surface area contributed by atoms with Crippen molar-refractivity contribution >= 4 is 5.91 Å². The average molecular weight is 210 g/mol. The number of hydrogen-bond donors (Lipinski definition) is 1. The highest BCUT2D eigenvalue weighted by atomic mass is 16.2. The van der Waals surface area contributed by atoms with E-state index in [-0.39, 0.29) is 12.0 Å². The van der Waals surface area contributed by atoms with Crippen LogP contribution in [0.15, 0.2) is 0 Å². The number of nitrogens with two attached hydrogens (primary N) is 1. The van der Waals surface area contributed by atoms with Gasteiger partial charge in [0.15, 0.2) is 0 Å². The summed E-state index contributed by atoms with van der Waals surface area (Å²) in [5, 5.41) is 0. The Hall–Kier alpha value is -0.570. The maximum absolute atomic E-state index is 12.3. The van der Waals surface area contributed by atoms with Crippen molar-refractivity contribution in [2.24, 2.45) is 11.7 Å². The predicted molar refractivity (Wildman–Crippen MR) is 60.3 cm³/mol. The SMILES string of the molecule is CC1CCCCN1C(=O)C1CCCC1N. The van der Waals surface area contributed by atoms with Gasteiger partial charge >= 0.3 is 0 Å². The maximum Gasteiger partial charge on any atom is 0.227 e. The molecule has 1 amide bonds. The molecule has 3 atom stereocenters. The fraction of sp³-hybridized carbons (Fsp3) is 0.917. The number of carbonyl (C=O) groups is 1. The van der Waals surface area contributed by atoms with Crippen LogP contribution in [0.5, 0.6) is 0 Å². The van der Waals surface area contributed by atoms with Crippen LogP contribution in [-0.4, -0.2) is 29.4 Å². The van der Waals surface area contributed by atoms with E-state index in [9.17, 15) is 4.79 Å². The van der Waals surface area contributed by atoms with Crippen molar-refractivity contribution in [1.29, 1.82) is 0 Å². The van der Waals surface area contributed by atoms with Gasteiger partial charge in [-0.3, -0.25) is 4.79 Å². The minimum atomic E-state index is 0.116. The minimum absolute atomic E-state index is 0.116. The first-order chi connectivity index (χ1) is 7.20. The molecule has 0 aromatic heterocycles. The molecule has 0 radical (unpaired) electrons. The van der Waals surface area contributed by atoms with Gasteiger partial charge in [-0.1, -0.05) is 6.42 Å². The molecule has 0 aromatic carbocycles. The summed E-state index contributed by atoms with van der Waals surface area (Å²) in [6, 6.07) is 0.547. The lowest BCUT2D eigenvalue weighted by Gasteiger charge is -2.36. The van der Waals surface area contributed by atoms with E-state index in [1.807, 2.05) is 0 Å². The summed E-state index contributed by atoms with van der Waals surface area (Å²) in [6.45, 7) is 3.11. The summed E-state index contributed by atoms with van der Waals surface area (Å²) in [4.78, 5) is 14.3. The summed E-state index contributed by atoms with van der Waals surface area (Å²) in [5.74, 6) is 0.442. The summed E-state index contributed by atoms with van der Waals surface area (Å²) in [7, 11) is 0. The van der Waals surface area contributed by atoms with Crippen LogP contribution < -0.4 is 5.73 Å². The van der Waals surface area contributed by atoms with Gasteiger partial charge in [-0.25, -0.2) is 0 Å². The Kier molecular flexibility index (Phi) is 3.29. The number of rotatable bonds is 1. The van der Waals surface area contributed by atoms with Gasteiger partial charge in [0.1, 0.15) is 0 Å². The summed E-state index contributed by atoms with van der Waals surface area (Å²) < 4.78 is 0. The Morgan fingerprint density at radius 3 is 2.60 bits per heavy atom. The monoisotopic (exact) mass is 210 g/mol. The highest BCUT2D eigenvalue weighted by Gasteiger charge is 2.35. The van der Waals surface area contributed by atoms with Crippen LogP contribution in [0.25, 0.3) is 0 Å². The van der Waals surface area contributed by atoms with Crippen molar-refractivity contribution in [2.45, 2.75) is 57.5 Å². The number of likely N-dealkylation sites (tertiary alicyclic amines) is 1. The minimum Gasteiger partial charge on any atom is -0.340 e. The molecule has 1 saturated carbocycles. The van der Waals surface area contributed by atoms with Crippen LogP contribution in [0.4, 0.5) is 0 Å². The first-order valence-electron chi connectivity index (χ1n) is 6.26. The third kappa shape index (κ3) is 2.17. The summed E-state index contributed by atoms with van der Waals surface area (Å²) >= 11 is 0. The van der Waals surface area contributed by atoms with Crippen molar-refractivity contribution in [3.63, 3.8) is 0 Å². The van der Waals surface area contributed by atoms with Gasteiger partial charge in [-0.15, -0.1) is 0 Å². The predicted octanol–water partition coefficient (Wildman–Crippen LogP) is 1.51. The van der Waals surface area contributed by atoms with Gasteiger partial charge in [-0.05, 0) is 39.0 Å². The van der Waals surface area contributed by atoms with Gasteiger partial charge in [0, 0.05) is 18.6 Å². The molecule has 1 aliphatic carbocycles. The second kappa shape index (κ2) is 4.52. The fourth-order valence-electron chi connectivity index (χ4n) is 2.93. The zero-order valence-electron chi connectivity index (χ0n) is 9.61. The summed E-state index contributed by atoms with van der Waals surface area (Å²) in [5.41, 5.74) is 5.98. The van der Waals surface area contributed by atoms with Gasteiger partial charge < -0.3 is 10.6 Å². The molecule has 1 heterocycles. The zero-order chi connectivity index (χ0) is 10.8. The molecule has 15 heavy (non-hydrogen) atoms. The number of piperidine rings is 1. The first-order valence-corrected chi connectivity index (χ1v) is 6.26. The van der Waals surface area contributed by atoms with Crippen LogP contribution in [0, 0.1) is 5.92 Å². The van der Waals surface area contributed by atoms with Crippen LogP contribution in [0.2, 0.25) is 0 Å². The standard InChI is InChI=1S/C12H22N2O/c1-9-5-2-3-8-14(9)12(15)10-6-4-7-11(10)13/h9-11H,2-8,13H2,1H3. The normalized spacial score (nSPS) is 36.9. The third-order valence-corrected chi connectivity index (χ3v) is 3.97. The molecule has 2 fully saturated rings. The molecule has 0 spiro atoms. The number of hydrogen-bond acceptors (Lipinski definition) is 2. The Bertz CT molecular complexity index is 242. The molecule has 3 nitrogen and oxygen atoms in total. The van der Waals surface area contributed by atoms with Crippen molar-refractivity contribution in [3.05, 3.63) is 0 Å². The second-order valence-corrected chi connectivity index (χ2v) is 5.08. The van der Waals surface area contributed by atoms with E-state index in [1.165, 1.54) is 6.42 Å². The van der Waals surface area contributed by atoms with E-state index in [1.54, 1.807) is 0 Å². The van der Waals surface area contributed by atoms with Crippen molar-refractivity contribution in [1.82, 2.24) is 4.90 Å². The molecule has 3 unspecified atom stereocenters. The molecule has 86 valence electrons. The molecular weight excluding hydrogens is 188 g/mol. The molecule has 3 heteroatoms. The highest BCUT2D eigenvalue weighted by molar-refractivity contribution is 5.80. The van der Waals surface area contributed by atoms with E-state index in [2.05, 4.69) is 11.8 Å². The van der Waals surface area contributed by atoms with Crippen LogP contribution in [-0.2, 0) is 4.79 Å². The topological polar surface area (TPSA) is 46.3 Å². The zero-order valence-corrected chi connectivity index (χ0v) is 9.61. The van der Waals surface area contributed by atoms with E-state index in [4.69, 9.17) is 5.73 Å². The van der Waals surface area contributed by atoms with Crippen LogP contribution >= 0.6 is 0 Å². The van der Waals surface area contributed by atoms with Crippen LogP contribution in [0.1, 0.15) is 45.4 Å². The molecule has 2 aliphatic rings.